The van der Waals surface area contributed by atoms with E-state index in [2.05, 4.69) is 4.98 Å². The maximum absolute atomic E-state index is 13.4. The van der Waals surface area contributed by atoms with Gasteiger partial charge in [-0.15, -0.1) is 0 Å². The van der Waals surface area contributed by atoms with E-state index >= 15 is 0 Å². The monoisotopic (exact) mass is 221 g/mol. The Morgan fingerprint density at radius 1 is 1.19 bits per heavy atom. The molecule has 0 amide bonds. The third-order valence-corrected chi connectivity index (χ3v) is 2.25. The fourth-order valence-corrected chi connectivity index (χ4v) is 1.48. The number of benzene rings is 1. The lowest BCUT2D eigenvalue weighted by Gasteiger charge is -2.08. The van der Waals surface area contributed by atoms with Crippen LogP contribution in [0.15, 0.2) is 30.5 Å². The van der Waals surface area contributed by atoms with E-state index in [1.165, 1.54) is 6.20 Å². The summed E-state index contributed by atoms with van der Waals surface area (Å²) in [5, 5.41) is 1.20. The molecule has 3 nitrogen and oxygen atoms in total. The molecule has 0 saturated carbocycles. The molecule has 1 heterocycles. The van der Waals surface area contributed by atoms with Crippen molar-refractivity contribution in [2.24, 2.45) is 0 Å². The summed E-state index contributed by atoms with van der Waals surface area (Å²) in [5.41, 5.74) is 0. The number of fused-ring (bicyclic) bond motifs is 1. The summed E-state index contributed by atoms with van der Waals surface area (Å²) in [6.45, 7) is 0.916. The fraction of sp³-hybridized carbons (Fsp3) is 0.250. The van der Waals surface area contributed by atoms with Crippen molar-refractivity contribution in [1.29, 1.82) is 0 Å². The zero-order valence-corrected chi connectivity index (χ0v) is 8.94. The highest BCUT2D eigenvalue weighted by atomic mass is 19.1. The maximum Gasteiger partial charge on any atom is 0.220 e. The Balaban J connectivity index is 2.35. The molecule has 0 N–H and O–H groups in total. The molecule has 2 aromatic rings. The predicted octanol–water partition coefficient (Wildman–Crippen LogP) is 2.40. The number of rotatable bonds is 4. The first-order valence-electron chi connectivity index (χ1n) is 4.98. The average Bonchev–Trinajstić information content (AvgIpc) is 2.33. The minimum absolute atomic E-state index is 0.424. The van der Waals surface area contributed by atoms with Gasteiger partial charge in [0, 0.05) is 17.9 Å². The van der Waals surface area contributed by atoms with Crippen molar-refractivity contribution in [3.8, 4) is 5.75 Å². The summed E-state index contributed by atoms with van der Waals surface area (Å²) >= 11 is 0. The van der Waals surface area contributed by atoms with E-state index in [1.54, 1.807) is 19.2 Å². The van der Waals surface area contributed by atoms with Crippen molar-refractivity contribution < 1.29 is 13.9 Å². The van der Waals surface area contributed by atoms with E-state index < -0.39 is 5.95 Å². The van der Waals surface area contributed by atoms with E-state index in [-0.39, 0.29) is 0 Å². The van der Waals surface area contributed by atoms with Gasteiger partial charge in [0.1, 0.15) is 12.4 Å². The summed E-state index contributed by atoms with van der Waals surface area (Å²) in [5.74, 6) is 0.101. The average molecular weight is 221 g/mol. The zero-order chi connectivity index (χ0) is 11.4. The molecular weight excluding hydrogens is 209 g/mol. The number of methoxy groups -OCH3 is 1. The highest BCUT2D eigenvalue weighted by Gasteiger charge is 2.06. The Labute approximate surface area is 92.8 Å². The molecule has 0 saturated heterocycles. The van der Waals surface area contributed by atoms with Gasteiger partial charge < -0.3 is 9.47 Å². The van der Waals surface area contributed by atoms with Crippen LogP contribution in [0.2, 0.25) is 0 Å². The Morgan fingerprint density at radius 3 is 2.69 bits per heavy atom. The Morgan fingerprint density at radius 2 is 1.94 bits per heavy atom. The summed E-state index contributed by atoms with van der Waals surface area (Å²) in [4.78, 5) is 3.65. The second-order valence-corrected chi connectivity index (χ2v) is 3.30. The van der Waals surface area contributed by atoms with Crippen LogP contribution in [0.1, 0.15) is 0 Å². The highest BCUT2D eigenvalue weighted by Crippen LogP contribution is 2.25. The molecule has 4 heteroatoms. The van der Waals surface area contributed by atoms with Gasteiger partial charge >= 0.3 is 0 Å². The van der Waals surface area contributed by atoms with Gasteiger partial charge in [-0.1, -0.05) is 18.2 Å². The highest BCUT2D eigenvalue weighted by molar-refractivity contribution is 5.87. The van der Waals surface area contributed by atoms with Crippen LogP contribution >= 0.6 is 0 Å². The van der Waals surface area contributed by atoms with Crippen molar-refractivity contribution in [3.05, 3.63) is 36.4 Å². The summed E-state index contributed by atoms with van der Waals surface area (Å²) < 4.78 is 23.7. The standard InChI is InChI=1S/C12H12FNO2/c1-15-6-7-16-11-8-14-12(13)10-5-3-2-4-9(10)11/h2-5,8H,6-7H2,1H3. The molecular formula is C12H12FNO2. The first-order chi connectivity index (χ1) is 7.83. The van der Waals surface area contributed by atoms with Crippen LogP contribution in [-0.4, -0.2) is 25.3 Å². The van der Waals surface area contributed by atoms with Crippen molar-refractivity contribution in [3.63, 3.8) is 0 Å². The third kappa shape index (κ3) is 2.12. The molecule has 1 aromatic carbocycles. The molecule has 0 aliphatic rings. The van der Waals surface area contributed by atoms with Gasteiger partial charge in [0.2, 0.25) is 5.95 Å². The number of nitrogens with zero attached hydrogens (tertiary/aromatic N) is 1. The summed E-state index contributed by atoms with van der Waals surface area (Å²) in [6.07, 6.45) is 1.40. The number of ether oxygens (including phenoxy) is 2. The van der Waals surface area contributed by atoms with Crippen LogP contribution in [0.3, 0.4) is 0 Å². The van der Waals surface area contributed by atoms with E-state index in [1.807, 2.05) is 12.1 Å². The quantitative estimate of drug-likeness (QED) is 0.586. The molecule has 0 aliphatic heterocycles. The molecule has 0 fully saturated rings. The smallest absolute Gasteiger partial charge is 0.220 e. The van der Waals surface area contributed by atoms with Crippen LogP contribution in [0, 0.1) is 5.95 Å². The van der Waals surface area contributed by atoms with Crippen LogP contribution in [-0.2, 0) is 4.74 Å². The molecule has 0 atom stereocenters. The van der Waals surface area contributed by atoms with Gasteiger partial charge in [-0.2, -0.15) is 4.39 Å². The fourth-order valence-electron chi connectivity index (χ4n) is 1.48. The number of halogens is 1. The summed E-state index contributed by atoms with van der Waals surface area (Å²) in [6, 6.07) is 7.10. The maximum atomic E-state index is 13.4. The molecule has 84 valence electrons. The molecule has 0 radical (unpaired) electrons. The number of hydrogen-bond acceptors (Lipinski definition) is 3. The SMILES string of the molecule is COCCOc1cnc(F)c2ccccc12. The van der Waals surface area contributed by atoms with E-state index in [0.717, 1.165) is 5.39 Å². The van der Waals surface area contributed by atoms with Gasteiger partial charge in [0.15, 0.2) is 0 Å². The largest absolute Gasteiger partial charge is 0.489 e. The van der Waals surface area contributed by atoms with Crippen LogP contribution in [0.5, 0.6) is 5.75 Å². The minimum atomic E-state index is -0.477. The first-order valence-corrected chi connectivity index (χ1v) is 4.98. The van der Waals surface area contributed by atoms with Gasteiger partial charge in [0.25, 0.3) is 0 Å². The molecule has 16 heavy (non-hydrogen) atoms. The molecule has 0 unspecified atom stereocenters. The van der Waals surface area contributed by atoms with E-state index in [9.17, 15) is 4.39 Å². The lowest BCUT2D eigenvalue weighted by atomic mass is 10.1. The molecule has 0 aliphatic carbocycles. The van der Waals surface area contributed by atoms with Gasteiger partial charge in [-0.25, -0.2) is 4.98 Å². The van der Waals surface area contributed by atoms with E-state index in [4.69, 9.17) is 9.47 Å². The van der Waals surface area contributed by atoms with Gasteiger partial charge in [0.05, 0.1) is 12.8 Å². The number of hydrogen-bond donors (Lipinski definition) is 0. The zero-order valence-electron chi connectivity index (χ0n) is 8.94. The second-order valence-electron chi connectivity index (χ2n) is 3.30. The van der Waals surface area contributed by atoms with Crippen molar-refractivity contribution in [2.75, 3.05) is 20.3 Å². The van der Waals surface area contributed by atoms with E-state index in [0.29, 0.717) is 24.3 Å². The van der Waals surface area contributed by atoms with Crippen LogP contribution < -0.4 is 4.74 Å². The third-order valence-electron chi connectivity index (χ3n) is 2.25. The number of aromatic nitrogens is 1. The molecule has 0 spiro atoms. The predicted molar refractivity (Wildman–Crippen MR) is 59.1 cm³/mol. The minimum Gasteiger partial charge on any atom is -0.489 e. The molecule has 1 aromatic heterocycles. The van der Waals surface area contributed by atoms with Gasteiger partial charge in [-0.3, -0.25) is 0 Å². The Bertz CT molecular complexity index is 487. The van der Waals surface area contributed by atoms with Crippen molar-refractivity contribution in [1.82, 2.24) is 4.98 Å². The molecule has 0 bridgehead atoms. The van der Waals surface area contributed by atoms with Crippen LogP contribution in [0.4, 0.5) is 4.39 Å². The lowest BCUT2D eigenvalue weighted by molar-refractivity contribution is 0.147. The lowest BCUT2D eigenvalue weighted by Crippen LogP contribution is -2.05. The topological polar surface area (TPSA) is 31.4 Å². The number of pyridine rings is 1. The normalized spacial score (nSPS) is 10.6. The second kappa shape index (κ2) is 4.90. The Kier molecular flexibility index (Phi) is 3.31. The first kappa shape index (κ1) is 10.8. The van der Waals surface area contributed by atoms with Crippen molar-refractivity contribution in [2.45, 2.75) is 0 Å². The molecule has 2 rings (SSSR count). The summed E-state index contributed by atoms with van der Waals surface area (Å²) in [7, 11) is 1.60. The van der Waals surface area contributed by atoms with Gasteiger partial charge in [-0.05, 0) is 6.07 Å². The Hall–Kier alpha value is -1.68. The van der Waals surface area contributed by atoms with Crippen molar-refractivity contribution >= 4 is 10.8 Å². The van der Waals surface area contributed by atoms with Crippen LogP contribution in [0.25, 0.3) is 10.8 Å².